The number of aromatic amines is 1. The van der Waals surface area contributed by atoms with E-state index in [0.29, 0.717) is 30.1 Å². The summed E-state index contributed by atoms with van der Waals surface area (Å²) in [5, 5.41) is 19.2. The highest BCUT2D eigenvalue weighted by molar-refractivity contribution is 6.33. The van der Waals surface area contributed by atoms with Gasteiger partial charge in [-0.15, -0.1) is 0 Å². The molecule has 0 aliphatic carbocycles. The first-order valence-electron chi connectivity index (χ1n) is 8.98. The first-order valence-corrected chi connectivity index (χ1v) is 9.36. The van der Waals surface area contributed by atoms with Gasteiger partial charge in [-0.05, 0) is 42.8 Å². The van der Waals surface area contributed by atoms with Gasteiger partial charge in [0.25, 0.3) is 5.56 Å². The highest BCUT2D eigenvalue weighted by atomic mass is 35.5. The number of rotatable bonds is 5. The molecule has 0 aliphatic heterocycles. The average molecular weight is 425 g/mol. The zero-order valence-electron chi connectivity index (χ0n) is 16.0. The number of nitrogens with zero attached hydrogens (tertiary/aromatic N) is 1. The molecule has 2 N–H and O–H groups in total. The minimum Gasteiger partial charge on any atom is -0.494 e. The van der Waals surface area contributed by atoms with Crippen molar-refractivity contribution >= 4 is 30.2 Å². The summed E-state index contributed by atoms with van der Waals surface area (Å²) < 4.78 is 10.9. The van der Waals surface area contributed by atoms with E-state index in [1.807, 2.05) is 6.92 Å². The van der Waals surface area contributed by atoms with Crippen molar-refractivity contribution < 1.29 is 19.1 Å². The number of hydrogen-bond acceptors (Lipinski definition) is 6. The van der Waals surface area contributed by atoms with Crippen LogP contribution in [0.15, 0.2) is 39.5 Å². The first kappa shape index (κ1) is 21.0. The smallest absolute Gasteiger partial charge is 0.339 e. The van der Waals surface area contributed by atoms with Crippen molar-refractivity contribution in [3.63, 3.8) is 0 Å². The number of aromatic hydroxyl groups is 1. The second-order valence-corrected chi connectivity index (χ2v) is 6.77. The maximum absolute atomic E-state index is 12.2. The third kappa shape index (κ3) is 4.14. The van der Waals surface area contributed by atoms with Crippen LogP contribution >= 0.6 is 11.6 Å². The van der Waals surface area contributed by atoms with Crippen LogP contribution in [0, 0.1) is 11.3 Å². The Morgan fingerprint density at radius 2 is 2.17 bits per heavy atom. The van der Waals surface area contributed by atoms with Crippen molar-refractivity contribution in [1.82, 2.24) is 4.98 Å². The highest BCUT2D eigenvalue weighted by Crippen LogP contribution is 2.27. The van der Waals surface area contributed by atoms with Crippen molar-refractivity contribution in [2.45, 2.75) is 13.3 Å². The number of esters is 1. The van der Waals surface area contributed by atoms with Crippen molar-refractivity contribution in [2.75, 3.05) is 6.61 Å². The van der Waals surface area contributed by atoms with E-state index < -0.39 is 17.4 Å². The number of halogens is 1. The summed E-state index contributed by atoms with van der Waals surface area (Å²) in [5.74, 6) is -0.305. The number of carbonyl (C=O) groups excluding carboxylic acids is 1. The van der Waals surface area contributed by atoms with Crippen LogP contribution in [-0.4, -0.2) is 22.7 Å². The maximum Gasteiger partial charge on any atom is 0.339 e. The Morgan fingerprint density at radius 3 is 2.87 bits per heavy atom. The Morgan fingerprint density at radius 1 is 1.40 bits per heavy atom. The zero-order chi connectivity index (χ0) is 21.8. The van der Waals surface area contributed by atoms with Crippen molar-refractivity contribution in [3.8, 4) is 23.3 Å². The Balaban J connectivity index is 2.02. The van der Waals surface area contributed by atoms with Crippen molar-refractivity contribution in [2.24, 2.45) is 0 Å². The van der Waals surface area contributed by atoms with Gasteiger partial charge in [0.05, 0.1) is 22.4 Å². The number of H-pyrrole nitrogens is 1. The fourth-order valence-electron chi connectivity index (χ4n) is 2.76. The molecule has 0 saturated carbocycles. The number of benzene rings is 1. The standard InChI is InChI=1S/C22H17ClN2O5/c1-3-8-29-22(28)16-9-13(4-6-18(16)23)19-7-5-14(30-19)10-15-12(2)17(11-24)21(27)25-20(15)26/h4-7,9-10,27H,2-3,8H2,1H3,(H,25,26). The fourth-order valence-corrected chi connectivity index (χ4v) is 2.96. The molecule has 0 atom stereocenters. The van der Waals surface area contributed by atoms with Crippen LogP contribution in [0.3, 0.4) is 0 Å². The lowest BCUT2D eigenvalue weighted by Gasteiger charge is -2.06. The molecule has 1 aromatic carbocycles. The second-order valence-electron chi connectivity index (χ2n) is 6.36. The Hall–Kier alpha value is -3.76. The van der Waals surface area contributed by atoms with Crippen LogP contribution in [0.25, 0.3) is 24.0 Å². The number of aromatic nitrogens is 1. The van der Waals surface area contributed by atoms with Crippen LogP contribution in [0.4, 0.5) is 0 Å². The van der Waals surface area contributed by atoms with Crippen molar-refractivity contribution in [1.29, 1.82) is 5.26 Å². The zero-order valence-corrected chi connectivity index (χ0v) is 16.7. The molecule has 2 heterocycles. The monoisotopic (exact) mass is 424 g/mol. The molecule has 7 nitrogen and oxygen atoms in total. The topological polar surface area (TPSA) is 116 Å². The predicted octanol–water partition coefficient (Wildman–Crippen LogP) is 2.67. The van der Waals surface area contributed by atoms with Gasteiger partial charge in [-0.1, -0.05) is 25.1 Å². The molecule has 3 aromatic rings. The summed E-state index contributed by atoms with van der Waals surface area (Å²) in [7, 11) is 0. The Bertz CT molecular complexity index is 1330. The van der Waals surface area contributed by atoms with Crippen LogP contribution in [0.1, 0.15) is 35.0 Å². The van der Waals surface area contributed by atoms with Gasteiger partial charge in [0, 0.05) is 10.8 Å². The minimum absolute atomic E-state index is 0.0872. The van der Waals surface area contributed by atoms with E-state index in [-0.39, 0.29) is 26.6 Å². The number of nitrogens with one attached hydrogen (secondary N) is 1. The van der Waals surface area contributed by atoms with Gasteiger partial charge in [0.2, 0.25) is 5.88 Å². The molecule has 0 radical (unpaired) electrons. The number of ether oxygens (including phenoxy) is 1. The van der Waals surface area contributed by atoms with E-state index in [0.717, 1.165) is 0 Å². The Labute approximate surface area is 176 Å². The summed E-state index contributed by atoms with van der Waals surface area (Å²) in [6.45, 7) is 5.88. The molecular formula is C22H17ClN2O5. The summed E-state index contributed by atoms with van der Waals surface area (Å²) in [6, 6.07) is 9.91. The SMILES string of the molecule is C=c1c(C#N)c(O)[nH]c(=O)c1=Cc1ccc(-c2ccc(Cl)c(C(=O)OCCC)c2)o1. The van der Waals surface area contributed by atoms with E-state index in [1.165, 1.54) is 6.08 Å². The molecule has 0 fully saturated rings. The number of nitriles is 1. The van der Waals surface area contributed by atoms with Crippen LogP contribution in [0.2, 0.25) is 5.02 Å². The van der Waals surface area contributed by atoms with E-state index in [9.17, 15) is 14.7 Å². The first-order chi connectivity index (χ1) is 14.3. The van der Waals surface area contributed by atoms with Crippen LogP contribution in [0.5, 0.6) is 5.88 Å². The van der Waals surface area contributed by atoms with Gasteiger partial charge >= 0.3 is 5.97 Å². The molecule has 30 heavy (non-hydrogen) atoms. The van der Waals surface area contributed by atoms with Crippen LogP contribution < -0.4 is 16.0 Å². The van der Waals surface area contributed by atoms with E-state index >= 15 is 0 Å². The van der Waals surface area contributed by atoms with E-state index in [1.54, 1.807) is 36.4 Å². The summed E-state index contributed by atoms with van der Waals surface area (Å²) >= 11 is 6.12. The minimum atomic E-state index is -0.609. The summed E-state index contributed by atoms with van der Waals surface area (Å²) in [5.41, 5.74) is 0.0790. The molecule has 0 amide bonds. The van der Waals surface area contributed by atoms with E-state index in [2.05, 4.69) is 11.6 Å². The number of furan rings is 1. The quantitative estimate of drug-likeness (QED) is 0.608. The van der Waals surface area contributed by atoms with Gasteiger partial charge in [0.1, 0.15) is 23.2 Å². The maximum atomic E-state index is 12.2. The molecular weight excluding hydrogens is 408 g/mol. The summed E-state index contributed by atoms with van der Waals surface area (Å²) in [4.78, 5) is 26.5. The lowest BCUT2D eigenvalue weighted by atomic mass is 10.1. The summed E-state index contributed by atoms with van der Waals surface area (Å²) in [6.07, 6.45) is 2.11. The second kappa shape index (κ2) is 8.72. The lowest BCUT2D eigenvalue weighted by Crippen LogP contribution is -2.41. The normalized spacial score (nSPS) is 11.3. The lowest BCUT2D eigenvalue weighted by molar-refractivity contribution is 0.0505. The predicted molar refractivity (Wildman–Crippen MR) is 112 cm³/mol. The molecule has 0 saturated heterocycles. The number of pyridine rings is 1. The third-order valence-corrected chi connectivity index (χ3v) is 4.60. The van der Waals surface area contributed by atoms with Gasteiger partial charge in [-0.25, -0.2) is 4.79 Å². The largest absolute Gasteiger partial charge is 0.494 e. The number of carbonyl (C=O) groups is 1. The van der Waals surface area contributed by atoms with Crippen LogP contribution in [-0.2, 0) is 4.74 Å². The molecule has 0 spiro atoms. The van der Waals surface area contributed by atoms with E-state index in [4.69, 9.17) is 26.0 Å². The Kier molecular flexibility index (Phi) is 6.09. The molecule has 0 unspecified atom stereocenters. The van der Waals surface area contributed by atoms with Crippen molar-refractivity contribution in [3.05, 3.63) is 73.0 Å². The third-order valence-electron chi connectivity index (χ3n) is 4.27. The highest BCUT2D eigenvalue weighted by Gasteiger charge is 2.15. The van der Waals surface area contributed by atoms with Gasteiger partial charge in [-0.2, -0.15) is 5.26 Å². The fraction of sp³-hybridized carbons (Fsp3) is 0.136. The molecule has 2 aromatic heterocycles. The average Bonchev–Trinajstić information content (AvgIpc) is 3.18. The molecule has 0 bridgehead atoms. The van der Waals surface area contributed by atoms with Gasteiger partial charge < -0.3 is 14.3 Å². The molecule has 3 rings (SSSR count). The number of hydrogen-bond donors (Lipinski definition) is 2. The molecule has 0 aliphatic rings. The van der Waals surface area contributed by atoms with Gasteiger partial charge in [-0.3, -0.25) is 9.78 Å². The van der Waals surface area contributed by atoms with Gasteiger partial charge in [0.15, 0.2) is 0 Å². The molecule has 152 valence electrons. The molecule has 8 heteroatoms.